The second-order valence-corrected chi connectivity index (χ2v) is 6.42. The molecule has 2 aromatic heterocycles. The Labute approximate surface area is 112 Å². The van der Waals surface area contributed by atoms with Gasteiger partial charge in [0.15, 0.2) is 4.96 Å². The van der Waals surface area contributed by atoms with Gasteiger partial charge in [-0.15, -0.1) is 11.3 Å². The molecule has 0 spiro atoms. The molecule has 3 rings (SSSR count). The Balaban J connectivity index is 1.69. The molecule has 2 aromatic rings. The van der Waals surface area contributed by atoms with E-state index >= 15 is 0 Å². The first kappa shape index (κ1) is 12.2. The lowest BCUT2D eigenvalue weighted by Gasteiger charge is -2.11. The Hall–Kier alpha value is -0.870. The number of rotatable bonds is 5. The number of imidazole rings is 1. The van der Waals surface area contributed by atoms with Crippen LogP contribution >= 0.6 is 11.3 Å². The second kappa shape index (κ2) is 4.67. The van der Waals surface area contributed by atoms with Crippen LogP contribution in [0, 0.1) is 25.7 Å². The van der Waals surface area contributed by atoms with Crippen molar-refractivity contribution in [3.8, 4) is 0 Å². The molecule has 1 atom stereocenters. The third-order valence-electron chi connectivity index (χ3n) is 4.02. The number of fused-ring (bicyclic) bond motifs is 1. The fourth-order valence-electron chi connectivity index (χ4n) is 2.63. The monoisotopic (exact) mass is 263 g/mol. The maximum Gasteiger partial charge on any atom is 0.194 e. The molecule has 18 heavy (non-hydrogen) atoms. The van der Waals surface area contributed by atoms with Crippen molar-refractivity contribution < 1.29 is 0 Å². The molecule has 98 valence electrons. The largest absolute Gasteiger partial charge is 0.311 e. The van der Waals surface area contributed by atoms with E-state index in [4.69, 9.17) is 0 Å². The number of aryl methyl sites for hydroxylation is 2. The summed E-state index contributed by atoms with van der Waals surface area (Å²) in [6.07, 6.45) is 2.87. The molecule has 2 heterocycles. The zero-order valence-corrected chi connectivity index (χ0v) is 12.2. The minimum atomic E-state index is 0.817. The van der Waals surface area contributed by atoms with Crippen LogP contribution in [-0.4, -0.2) is 15.9 Å². The van der Waals surface area contributed by atoms with E-state index in [1.165, 1.54) is 24.2 Å². The number of nitrogens with zero attached hydrogens (tertiary/aromatic N) is 2. The van der Waals surface area contributed by atoms with Gasteiger partial charge in [-0.2, -0.15) is 0 Å². The van der Waals surface area contributed by atoms with E-state index in [0.717, 1.165) is 35.6 Å². The highest BCUT2D eigenvalue weighted by Crippen LogP contribution is 2.36. The molecular weight excluding hydrogens is 242 g/mol. The van der Waals surface area contributed by atoms with E-state index in [1.54, 1.807) is 11.3 Å². The van der Waals surface area contributed by atoms with Gasteiger partial charge in [-0.1, -0.05) is 6.92 Å². The fourth-order valence-corrected chi connectivity index (χ4v) is 3.56. The maximum atomic E-state index is 4.62. The quantitative estimate of drug-likeness (QED) is 0.898. The van der Waals surface area contributed by atoms with E-state index in [1.807, 2.05) is 0 Å². The first-order valence-corrected chi connectivity index (χ1v) is 7.67. The average molecular weight is 263 g/mol. The van der Waals surface area contributed by atoms with Crippen molar-refractivity contribution in [2.24, 2.45) is 11.8 Å². The van der Waals surface area contributed by atoms with Crippen molar-refractivity contribution in [2.45, 2.75) is 40.2 Å². The SMILES string of the molecule is Cc1nc2scc(C)n2c1CNCC(C)C1CC1. The molecule has 0 radical (unpaired) electrons. The fraction of sp³-hybridized carbons (Fsp3) is 0.643. The first-order chi connectivity index (χ1) is 8.66. The van der Waals surface area contributed by atoms with E-state index in [0.29, 0.717) is 0 Å². The smallest absolute Gasteiger partial charge is 0.194 e. The van der Waals surface area contributed by atoms with Crippen LogP contribution in [0.25, 0.3) is 4.96 Å². The van der Waals surface area contributed by atoms with Gasteiger partial charge in [0.1, 0.15) is 0 Å². The molecular formula is C14H21N3S. The number of hydrogen-bond donors (Lipinski definition) is 1. The Morgan fingerprint density at radius 2 is 2.28 bits per heavy atom. The van der Waals surface area contributed by atoms with Gasteiger partial charge >= 0.3 is 0 Å². The summed E-state index contributed by atoms with van der Waals surface area (Å²) in [6.45, 7) is 8.68. The summed E-state index contributed by atoms with van der Waals surface area (Å²) < 4.78 is 2.29. The zero-order valence-electron chi connectivity index (χ0n) is 11.4. The third-order valence-corrected chi connectivity index (χ3v) is 4.96. The van der Waals surface area contributed by atoms with Crippen LogP contribution in [0.2, 0.25) is 0 Å². The van der Waals surface area contributed by atoms with Crippen molar-refractivity contribution >= 4 is 16.3 Å². The first-order valence-electron chi connectivity index (χ1n) is 6.79. The molecule has 0 amide bonds. The Morgan fingerprint density at radius 3 is 3.00 bits per heavy atom. The van der Waals surface area contributed by atoms with Crippen molar-refractivity contribution in [1.29, 1.82) is 0 Å². The van der Waals surface area contributed by atoms with Gasteiger partial charge in [-0.25, -0.2) is 4.98 Å². The zero-order chi connectivity index (χ0) is 12.7. The summed E-state index contributed by atoms with van der Waals surface area (Å²) in [7, 11) is 0. The van der Waals surface area contributed by atoms with Crippen LogP contribution in [0.1, 0.15) is 36.8 Å². The molecule has 1 saturated carbocycles. The number of hydrogen-bond acceptors (Lipinski definition) is 3. The lowest BCUT2D eigenvalue weighted by molar-refractivity contribution is 0.459. The third kappa shape index (κ3) is 2.19. The van der Waals surface area contributed by atoms with E-state index in [2.05, 4.69) is 40.9 Å². The molecule has 1 aliphatic carbocycles. The molecule has 3 nitrogen and oxygen atoms in total. The summed E-state index contributed by atoms with van der Waals surface area (Å²) in [5, 5.41) is 5.78. The highest BCUT2D eigenvalue weighted by atomic mass is 32.1. The summed E-state index contributed by atoms with van der Waals surface area (Å²) >= 11 is 1.73. The number of aromatic nitrogens is 2. The summed E-state index contributed by atoms with van der Waals surface area (Å²) in [5.74, 6) is 1.80. The van der Waals surface area contributed by atoms with Crippen LogP contribution in [0.15, 0.2) is 5.38 Å². The van der Waals surface area contributed by atoms with E-state index in [9.17, 15) is 0 Å². The average Bonchev–Trinajstić information content (AvgIpc) is 3.06. The minimum Gasteiger partial charge on any atom is -0.311 e. The van der Waals surface area contributed by atoms with Gasteiger partial charge < -0.3 is 5.32 Å². The molecule has 0 bridgehead atoms. The number of thiazole rings is 1. The van der Waals surface area contributed by atoms with Gasteiger partial charge in [0.05, 0.1) is 11.4 Å². The number of nitrogens with one attached hydrogen (secondary N) is 1. The van der Waals surface area contributed by atoms with Crippen LogP contribution in [0.4, 0.5) is 0 Å². The predicted octanol–water partition coefficient (Wildman–Crippen LogP) is 3.15. The van der Waals surface area contributed by atoms with Crippen molar-refractivity contribution in [3.63, 3.8) is 0 Å². The van der Waals surface area contributed by atoms with Crippen molar-refractivity contribution in [3.05, 3.63) is 22.5 Å². The van der Waals surface area contributed by atoms with Gasteiger partial charge in [0.25, 0.3) is 0 Å². The second-order valence-electron chi connectivity index (χ2n) is 5.58. The topological polar surface area (TPSA) is 29.3 Å². The molecule has 0 aliphatic heterocycles. The lowest BCUT2D eigenvalue weighted by atomic mass is 10.1. The molecule has 1 fully saturated rings. The summed E-state index contributed by atoms with van der Waals surface area (Å²) in [4.78, 5) is 5.74. The standard InChI is InChI=1S/C14H21N3S/c1-9(12-4-5-12)6-15-7-13-11(3)16-14-17(13)10(2)8-18-14/h8-9,12,15H,4-7H2,1-3H3. The predicted molar refractivity (Wildman–Crippen MR) is 76.1 cm³/mol. The Bertz CT molecular complexity index is 551. The van der Waals surface area contributed by atoms with Crippen LogP contribution in [-0.2, 0) is 6.54 Å². The molecule has 1 unspecified atom stereocenters. The molecule has 4 heteroatoms. The van der Waals surface area contributed by atoms with Gasteiger partial charge in [-0.3, -0.25) is 4.40 Å². The molecule has 1 N–H and O–H groups in total. The maximum absolute atomic E-state index is 4.62. The summed E-state index contributed by atoms with van der Waals surface area (Å²) in [6, 6.07) is 0. The van der Waals surface area contributed by atoms with Crippen molar-refractivity contribution in [2.75, 3.05) is 6.54 Å². The summed E-state index contributed by atoms with van der Waals surface area (Å²) in [5.41, 5.74) is 3.78. The van der Waals surface area contributed by atoms with Gasteiger partial charge in [0, 0.05) is 17.6 Å². The minimum absolute atomic E-state index is 0.817. The molecule has 1 aliphatic rings. The van der Waals surface area contributed by atoms with Crippen LogP contribution in [0.3, 0.4) is 0 Å². The Kier molecular flexibility index (Phi) is 3.16. The lowest BCUT2D eigenvalue weighted by Crippen LogP contribution is -2.23. The van der Waals surface area contributed by atoms with E-state index < -0.39 is 0 Å². The van der Waals surface area contributed by atoms with Crippen molar-refractivity contribution in [1.82, 2.24) is 14.7 Å². The van der Waals surface area contributed by atoms with Crippen LogP contribution < -0.4 is 5.32 Å². The van der Waals surface area contributed by atoms with Gasteiger partial charge in [0.2, 0.25) is 0 Å². The molecule has 0 saturated heterocycles. The Morgan fingerprint density at radius 1 is 1.50 bits per heavy atom. The highest BCUT2D eigenvalue weighted by molar-refractivity contribution is 7.15. The normalized spacial score (nSPS) is 17.5. The van der Waals surface area contributed by atoms with Gasteiger partial charge in [-0.05, 0) is 45.1 Å². The highest BCUT2D eigenvalue weighted by Gasteiger charge is 2.27. The molecule has 0 aromatic carbocycles. The van der Waals surface area contributed by atoms with Crippen LogP contribution in [0.5, 0.6) is 0 Å². The van der Waals surface area contributed by atoms with E-state index in [-0.39, 0.29) is 0 Å².